The number of carbonyl (C=O) groups excluding carboxylic acids is 7. The van der Waals surface area contributed by atoms with Crippen LogP contribution in [0.1, 0.15) is 145 Å². The Morgan fingerprint density at radius 1 is 0.868 bits per heavy atom. The number of carbonyl (C=O) groups is 7. The number of hydrogen-bond acceptors (Lipinski definition) is 7. The zero-order valence-electron chi connectivity index (χ0n) is 33.2. The van der Waals surface area contributed by atoms with Crippen molar-refractivity contribution in [2.24, 2.45) is 33.8 Å². The SMILES string of the molecule is CC(C)[C@@H](CC(=O)NC1CCCCC1=O)NC(=O)N[C@H](C(=O)N1CCC2(CCC2)C(C)(C)CC[C@H]1C(=O)NC(CC1CCC1)C(=O)C(N)=O)C(C)(C)C. The van der Waals surface area contributed by atoms with E-state index in [1.165, 1.54) is 0 Å². The molecule has 1 saturated heterocycles. The monoisotopic (exact) mass is 742 g/mol. The maximum absolute atomic E-state index is 14.8. The molecule has 53 heavy (non-hydrogen) atoms. The minimum Gasteiger partial charge on any atom is -0.363 e. The van der Waals surface area contributed by atoms with Crippen molar-refractivity contribution in [2.75, 3.05) is 6.54 Å². The average molecular weight is 743 g/mol. The number of amides is 6. The smallest absolute Gasteiger partial charge is 0.315 e. The summed E-state index contributed by atoms with van der Waals surface area (Å²) in [6.07, 6.45) is 10.8. The van der Waals surface area contributed by atoms with Gasteiger partial charge in [-0.25, -0.2) is 4.79 Å². The first kappa shape index (κ1) is 42.2. The fraction of sp³-hybridized carbons (Fsp3) is 0.825. The van der Waals surface area contributed by atoms with Crippen molar-refractivity contribution < 1.29 is 33.6 Å². The number of urea groups is 1. The van der Waals surface area contributed by atoms with Gasteiger partial charge in [0.25, 0.3) is 5.91 Å². The van der Waals surface area contributed by atoms with Gasteiger partial charge >= 0.3 is 6.03 Å². The van der Waals surface area contributed by atoms with Gasteiger partial charge in [-0.05, 0) is 79.4 Å². The Labute approximate surface area is 315 Å². The van der Waals surface area contributed by atoms with E-state index >= 15 is 0 Å². The molecule has 1 spiro atoms. The van der Waals surface area contributed by atoms with Crippen molar-refractivity contribution in [1.82, 2.24) is 26.2 Å². The van der Waals surface area contributed by atoms with Crippen molar-refractivity contribution in [3.63, 3.8) is 0 Å². The number of likely N-dealkylation sites (tertiary alicyclic amines) is 1. The van der Waals surface area contributed by atoms with Crippen molar-refractivity contribution in [3.8, 4) is 0 Å². The number of nitrogens with one attached hydrogen (secondary N) is 4. The van der Waals surface area contributed by atoms with Crippen LogP contribution in [0, 0.1) is 28.1 Å². The van der Waals surface area contributed by atoms with E-state index in [1.807, 2.05) is 34.6 Å². The second-order valence-corrected chi connectivity index (χ2v) is 18.5. The predicted molar refractivity (Wildman–Crippen MR) is 201 cm³/mol. The third-order valence-corrected chi connectivity index (χ3v) is 13.1. The van der Waals surface area contributed by atoms with Crippen LogP contribution in [0.2, 0.25) is 0 Å². The van der Waals surface area contributed by atoms with E-state index < -0.39 is 65.2 Å². The highest BCUT2D eigenvalue weighted by molar-refractivity contribution is 6.37. The number of nitrogens with two attached hydrogens (primary N) is 1. The highest BCUT2D eigenvalue weighted by atomic mass is 16.2. The molecule has 3 aliphatic carbocycles. The van der Waals surface area contributed by atoms with E-state index in [2.05, 4.69) is 35.1 Å². The van der Waals surface area contributed by atoms with Gasteiger partial charge < -0.3 is 31.9 Å². The van der Waals surface area contributed by atoms with Crippen LogP contribution in [0.3, 0.4) is 0 Å². The summed E-state index contributed by atoms with van der Waals surface area (Å²) in [6, 6.07) is -4.73. The van der Waals surface area contributed by atoms with Crippen LogP contribution in [0.4, 0.5) is 4.79 Å². The van der Waals surface area contributed by atoms with Crippen LogP contribution in [0.5, 0.6) is 0 Å². The van der Waals surface area contributed by atoms with Gasteiger partial charge in [0.15, 0.2) is 5.78 Å². The molecular formula is C40H66N6O7. The van der Waals surface area contributed by atoms with Gasteiger partial charge in [-0.3, -0.25) is 28.8 Å². The summed E-state index contributed by atoms with van der Waals surface area (Å²) >= 11 is 0. The lowest BCUT2D eigenvalue weighted by molar-refractivity contribution is -0.149. The number of Topliss-reactive ketones (excluding diaryl/α,β-unsaturated/α-hetero) is 2. The number of rotatable bonds is 13. The van der Waals surface area contributed by atoms with Gasteiger partial charge in [0.05, 0.1) is 12.1 Å². The van der Waals surface area contributed by atoms with E-state index in [0.717, 1.165) is 51.4 Å². The highest BCUT2D eigenvalue weighted by Gasteiger charge is 2.52. The van der Waals surface area contributed by atoms with Gasteiger partial charge in [0.2, 0.25) is 23.5 Å². The van der Waals surface area contributed by atoms with Crippen molar-refractivity contribution in [1.29, 1.82) is 0 Å². The van der Waals surface area contributed by atoms with Crippen molar-refractivity contribution >= 4 is 41.2 Å². The summed E-state index contributed by atoms with van der Waals surface area (Å²) in [7, 11) is 0. The first-order valence-electron chi connectivity index (χ1n) is 20.1. The molecule has 0 bridgehead atoms. The van der Waals surface area contributed by atoms with E-state index in [4.69, 9.17) is 5.73 Å². The predicted octanol–water partition coefficient (Wildman–Crippen LogP) is 4.05. The fourth-order valence-corrected chi connectivity index (χ4v) is 8.74. The molecule has 0 radical (unpaired) electrons. The molecule has 2 unspecified atom stereocenters. The summed E-state index contributed by atoms with van der Waals surface area (Å²) < 4.78 is 0. The largest absolute Gasteiger partial charge is 0.363 e. The molecule has 298 valence electrons. The molecule has 13 heteroatoms. The van der Waals surface area contributed by atoms with Crippen molar-refractivity contribution in [3.05, 3.63) is 0 Å². The Morgan fingerprint density at radius 2 is 1.55 bits per heavy atom. The summed E-state index contributed by atoms with van der Waals surface area (Å²) in [5.41, 5.74) is 4.58. The summed E-state index contributed by atoms with van der Waals surface area (Å²) in [4.78, 5) is 94.6. The van der Waals surface area contributed by atoms with Crippen molar-refractivity contribution in [2.45, 2.75) is 175 Å². The lowest BCUT2D eigenvalue weighted by Gasteiger charge is -2.56. The second kappa shape index (κ2) is 17.3. The molecule has 0 aromatic rings. The molecule has 5 atom stereocenters. The molecule has 6 N–H and O–H groups in total. The minimum absolute atomic E-state index is 0.0248. The Balaban J connectivity index is 1.55. The second-order valence-electron chi connectivity index (χ2n) is 18.5. The summed E-state index contributed by atoms with van der Waals surface area (Å²) in [5.74, 6) is -3.06. The first-order chi connectivity index (χ1) is 24.7. The maximum Gasteiger partial charge on any atom is 0.315 e. The molecule has 4 fully saturated rings. The number of nitrogens with zero attached hydrogens (tertiary/aromatic N) is 1. The van der Waals surface area contributed by atoms with E-state index in [0.29, 0.717) is 45.1 Å². The quantitative estimate of drug-likeness (QED) is 0.176. The van der Waals surface area contributed by atoms with Crippen LogP contribution in [-0.4, -0.2) is 82.9 Å². The van der Waals surface area contributed by atoms with Crippen LogP contribution >= 0.6 is 0 Å². The van der Waals surface area contributed by atoms with E-state index in [-0.39, 0.29) is 40.8 Å². The topological polar surface area (TPSA) is 197 Å². The zero-order chi connectivity index (χ0) is 39.3. The number of hydrogen-bond donors (Lipinski definition) is 5. The normalized spacial score (nSPS) is 24.7. The molecule has 0 aromatic heterocycles. The summed E-state index contributed by atoms with van der Waals surface area (Å²) in [5, 5.41) is 11.5. The Hall–Kier alpha value is -3.51. The standard InChI is InChI=1S/C40H66N6O7/c1-24(2)27(23-31(48)42-26-14-8-9-15-30(26)47)44-37(53)45-33(38(3,4)5)36(52)46-21-20-40(17-11-18-40)39(6,7)19-16-29(46)35(51)43-28(32(49)34(41)50)22-25-12-10-13-25/h24-29,33H,8-23H2,1-7H3,(H2,41,50)(H,42,48)(H,43,51)(H2,44,45,53)/t26?,27-,28?,29+,33-/m1/s1. The van der Waals surface area contributed by atoms with Gasteiger partial charge in [-0.1, -0.05) is 80.6 Å². The van der Waals surface area contributed by atoms with E-state index in [1.54, 1.807) is 4.90 Å². The molecule has 0 aromatic carbocycles. The third-order valence-electron chi connectivity index (χ3n) is 13.1. The molecule has 1 heterocycles. The lowest BCUT2D eigenvalue weighted by Crippen LogP contribution is -2.63. The molecule has 3 saturated carbocycles. The third kappa shape index (κ3) is 10.4. The van der Waals surface area contributed by atoms with Crippen LogP contribution in [-0.2, 0) is 28.8 Å². The van der Waals surface area contributed by atoms with E-state index in [9.17, 15) is 33.6 Å². The molecule has 1 aliphatic heterocycles. The van der Waals surface area contributed by atoms with Gasteiger partial charge in [0, 0.05) is 25.4 Å². The van der Waals surface area contributed by atoms with Gasteiger partial charge in [-0.15, -0.1) is 0 Å². The fourth-order valence-electron chi connectivity index (χ4n) is 8.74. The van der Waals surface area contributed by atoms with Crippen LogP contribution in [0.15, 0.2) is 0 Å². The summed E-state index contributed by atoms with van der Waals surface area (Å²) in [6.45, 7) is 14.1. The minimum atomic E-state index is -1.10. The van der Waals surface area contributed by atoms with Crippen LogP contribution in [0.25, 0.3) is 0 Å². The Kier molecular flexibility index (Phi) is 13.8. The first-order valence-corrected chi connectivity index (χ1v) is 20.1. The Bertz CT molecular complexity index is 1400. The molecule has 4 aliphatic rings. The number of ketones is 2. The number of primary amides is 1. The van der Waals surface area contributed by atoms with Gasteiger partial charge in [0.1, 0.15) is 12.1 Å². The highest BCUT2D eigenvalue weighted by Crippen LogP contribution is 2.59. The maximum atomic E-state index is 14.8. The molecule has 4 rings (SSSR count). The average Bonchev–Trinajstić information content (AvgIpc) is 3.01. The zero-order valence-corrected chi connectivity index (χ0v) is 33.2. The van der Waals surface area contributed by atoms with Crippen LogP contribution < -0.4 is 27.0 Å². The molecular weight excluding hydrogens is 676 g/mol. The lowest BCUT2D eigenvalue weighted by atomic mass is 9.51. The van der Waals surface area contributed by atoms with Gasteiger partial charge in [-0.2, -0.15) is 0 Å². The molecule has 13 nitrogen and oxygen atoms in total. The Morgan fingerprint density at radius 3 is 2.08 bits per heavy atom. The molecule has 6 amide bonds.